The number of amides is 1. The summed E-state index contributed by atoms with van der Waals surface area (Å²) in [4.78, 5) is 24.7. The SMILES string of the molecule is COc1cc(F)ccc1[C@@H](c1ccc(C)cc1)[C@H](C)OC(=O)[C@H](C)NC(=O)OC(C)(C)C. The van der Waals surface area contributed by atoms with Crippen molar-refractivity contribution in [3.63, 3.8) is 0 Å². The lowest BCUT2D eigenvalue weighted by atomic mass is 9.86. The number of ether oxygens (including phenoxy) is 3. The Bertz CT molecular complexity index is 936. The number of nitrogens with one attached hydrogen (secondary N) is 1. The van der Waals surface area contributed by atoms with E-state index in [0.717, 1.165) is 11.1 Å². The van der Waals surface area contributed by atoms with Crippen molar-refractivity contribution in [3.8, 4) is 5.75 Å². The number of esters is 1. The van der Waals surface area contributed by atoms with Crippen LogP contribution in [0.3, 0.4) is 0 Å². The number of carbonyl (C=O) groups excluding carboxylic acids is 2. The number of halogens is 1. The third-order valence-electron chi connectivity index (χ3n) is 4.83. The normalized spacial score (nSPS) is 14.1. The highest BCUT2D eigenvalue weighted by molar-refractivity contribution is 5.81. The van der Waals surface area contributed by atoms with E-state index in [-0.39, 0.29) is 0 Å². The summed E-state index contributed by atoms with van der Waals surface area (Å²) in [5.74, 6) is -1.09. The van der Waals surface area contributed by atoms with Crippen LogP contribution >= 0.6 is 0 Å². The summed E-state index contributed by atoms with van der Waals surface area (Å²) < 4.78 is 30.1. The zero-order chi connectivity index (χ0) is 24.1. The van der Waals surface area contributed by atoms with E-state index in [9.17, 15) is 14.0 Å². The number of hydrogen-bond acceptors (Lipinski definition) is 5. The predicted molar refractivity (Wildman–Crippen MR) is 120 cm³/mol. The molecule has 1 N–H and O–H groups in total. The van der Waals surface area contributed by atoms with Gasteiger partial charge in [-0.3, -0.25) is 0 Å². The first-order chi connectivity index (χ1) is 14.9. The maximum absolute atomic E-state index is 13.8. The highest BCUT2D eigenvalue weighted by Crippen LogP contribution is 2.36. The molecule has 0 saturated heterocycles. The highest BCUT2D eigenvalue weighted by Gasteiger charge is 2.30. The molecule has 1 amide bonds. The molecule has 2 aromatic carbocycles. The zero-order valence-electron chi connectivity index (χ0n) is 19.7. The van der Waals surface area contributed by atoms with Gasteiger partial charge >= 0.3 is 12.1 Å². The molecule has 0 heterocycles. The van der Waals surface area contributed by atoms with Gasteiger partial charge < -0.3 is 19.5 Å². The highest BCUT2D eigenvalue weighted by atomic mass is 19.1. The largest absolute Gasteiger partial charge is 0.496 e. The van der Waals surface area contributed by atoms with Crippen LogP contribution in [0.25, 0.3) is 0 Å². The zero-order valence-corrected chi connectivity index (χ0v) is 19.7. The second-order valence-electron chi connectivity index (χ2n) is 8.78. The van der Waals surface area contributed by atoms with Crippen molar-refractivity contribution in [2.75, 3.05) is 7.11 Å². The van der Waals surface area contributed by atoms with Crippen LogP contribution in [0.5, 0.6) is 5.75 Å². The molecular formula is C25H32FNO5. The molecule has 0 fully saturated rings. The second-order valence-corrected chi connectivity index (χ2v) is 8.78. The number of benzene rings is 2. The van der Waals surface area contributed by atoms with Crippen molar-refractivity contribution in [2.45, 2.75) is 65.2 Å². The molecule has 2 aromatic rings. The predicted octanol–water partition coefficient (Wildman–Crippen LogP) is 5.12. The van der Waals surface area contributed by atoms with Crippen LogP contribution in [0.1, 0.15) is 57.2 Å². The molecule has 0 bridgehead atoms. The molecule has 0 aliphatic carbocycles. The van der Waals surface area contributed by atoms with E-state index >= 15 is 0 Å². The van der Waals surface area contributed by atoms with E-state index < -0.39 is 41.5 Å². The Kier molecular flexibility index (Phi) is 8.25. The fourth-order valence-electron chi connectivity index (χ4n) is 3.32. The first-order valence-electron chi connectivity index (χ1n) is 10.5. The monoisotopic (exact) mass is 445 g/mol. The first kappa shape index (κ1) is 25.2. The lowest BCUT2D eigenvalue weighted by Gasteiger charge is -2.28. The van der Waals surface area contributed by atoms with Gasteiger partial charge in [0.25, 0.3) is 0 Å². The number of alkyl carbamates (subject to hydrolysis) is 1. The Morgan fingerprint density at radius 3 is 2.22 bits per heavy atom. The second kappa shape index (κ2) is 10.5. The van der Waals surface area contributed by atoms with E-state index in [2.05, 4.69) is 5.32 Å². The third kappa shape index (κ3) is 6.97. The van der Waals surface area contributed by atoms with Gasteiger partial charge in [-0.1, -0.05) is 35.9 Å². The van der Waals surface area contributed by atoms with Crippen molar-refractivity contribution >= 4 is 12.1 Å². The molecule has 0 spiro atoms. The van der Waals surface area contributed by atoms with Gasteiger partial charge in [0.05, 0.1) is 7.11 Å². The first-order valence-corrected chi connectivity index (χ1v) is 10.5. The summed E-state index contributed by atoms with van der Waals surface area (Å²) in [5.41, 5.74) is 1.97. The van der Waals surface area contributed by atoms with Gasteiger partial charge in [-0.25, -0.2) is 14.0 Å². The average Bonchev–Trinajstić information content (AvgIpc) is 2.69. The summed E-state index contributed by atoms with van der Waals surface area (Å²) in [6.45, 7) is 10.5. The van der Waals surface area contributed by atoms with E-state index in [1.165, 1.54) is 26.2 Å². The fourth-order valence-corrected chi connectivity index (χ4v) is 3.32. The topological polar surface area (TPSA) is 73.9 Å². The van der Waals surface area contributed by atoms with Gasteiger partial charge in [0, 0.05) is 17.5 Å². The standard InChI is InChI=1S/C25H32FNO5/c1-15-8-10-18(11-9-15)22(20-13-12-19(26)14-21(20)30-7)17(3)31-23(28)16(2)27-24(29)32-25(4,5)6/h8-14,16-17,22H,1-7H3,(H,27,29)/t16-,17-,22+/m0/s1. The van der Waals surface area contributed by atoms with Crippen LogP contribution in [-0.2, 0) is 14.3 Å². The van der Waals surface area contributed by atoms with Gasteiger partial charge in [0.15, 0.2) is 0 Å². The van der Waals surface area contributed by atoms with Crippen LogP contribution < -0.4 is 10.1 Å². The van der Waals surface area contributed by atoms with E-state index in [4.69, 9.17) is 14.2 Å². The van der Waals surface area contributed by atoms with Crippen LogP contribution in [0.2, 0.25) is 0 Å². The molecule has 0 aromatic heterocycles. The molecule has 174 valence electrons. The number of methoxy groups -OCH3 is 1. The minimum absolute atomic E-state index is 0.360. The maximum atomic E-state index is 13.8. The van der Waals surface area contributed by atoms with Gasteiger partial charge in [-0.2, -0.15) is 0 Å². The average molecular weight is 446 g/mol. The molecule has 7 heteroatoms. The molecule has 0 aliphatic heterocycles. The van der Waals surface area contributed by atoms with E-state index in [1.807, 2.05) is 31.2 Å². The van der Waals surface area contributed by atoms with E-state index in [1.54, 1.807) is 33.8 Å². The Hall–Kier alpha value is -3.09. The summed E-state index contributed by atoms with van der Waals surface area (Å²) in [6, 6.07) is 11.2. The Labute approximate surface area is 189 Å². The van der Waals surface area contributed by atoms with Crippen molar-refractivity contribution in [1.82, 2.24) is 5.32 Å². The molecule has 0 unspecified atom stereocenters. The molecular weight excluding hydrogens is 413 g/mol. The van der Waals surface area contributed by atoms with Crippen molar-refractivity contribution in [2.24, 2.45) is 0 Å². The molecule has 6 nitrogen and oxygen atoms in total. The maximum Gasteiger partial charge on any atom is 0.408 e. The smallest absolute Gasteiger partial charge is 0.408 e. The molecule has 3 atom stereocenters. The summed E-state index contributed by atoms with van der Waals surface area (Å²) >= 11 is 0. The van der Waals surface area contributed by atoms with Crippen molar-refractivity contribution < 1.29 is 28.2 Å². The lowest BCUT2D eigenvalue weighted by Crippen LogP contribution is -2.43. The summed E-state index contributed by atoms with van der Waals surface area (Å²) in [7, 11) is 1.47. The Balaban J connectivity index is 2.27. The van der Waals surface area contributed by atoms with Crippen LogP contribution in [0.4, 0.5) is 9.18 Å². The van der Waals surface area contributed by atoms with Gasteiger partial charge in [0.2, 0.25) is 0 Å². The van der Waals surface area contributed by atoms with Crippen molar-refractivity contribution in [1.29, 1.82) is 0 Å². The number of rotatable bonds is 7. The molecule has 0 aliphatic rings. The Morgan fingerprint density at radius 1 is 1.03 bits per heavy atom. The number of carbonyl (C=O) groups is 2. The van der Waals surface area contributed by atoms with Gasteiger partial charge in [-0.15, -0.1) is 0 Å². The molecule has 2 rings (SSSR count). The lowest BCUT2D eigenvalue weighted by molar-refractivity contribution is -0.150. The summed E-state index contributed by atoms with van der Waals surface area (Å²) in [5, 5.41) is 2.49. The third-order valence-corrected chi connectivity index (χ3v) is 4.83. The van der Waals surface area contributed by atoms with Crippen LogP contribution in [0.15, 0.2) is 42.5 Å². The summed E-state index contributed by atoms with van der Waals surface area (Å²) in [6.07, 6.45) is -1.34. The van der Waals surface area contributed by atoms with E-state index in [0.29, 0.717) is 11.3 Å². The fraction of sp³-hybridized carbons (Fsp3) is 0.440. The molecule has 0 radical (unpaired) electrons. The minimum Gasteiger partial charge on any atom is -0.496 e. The number of hydrogen-bond donors (Lipinski definition) is 1. The van der Waals surface area contributed by atoms with Gasteiger partial charge in [-0.05, 0) is 53.2 Å². The van der Waals surface area contributed by atoms with Crippen LogP contribution in [0, 0.1) is 12.7 Å². The number of aryl methyl sites for hydroxylation is 1. The van der Waals surface area contributed by atoms with Crippen LogP contribution in [-0.4, -0.2) is 36.9 Å². The van der Waals surface area contributed by atoms with Crippen molar-refractivity contribution in [3.05, 3.63) is 65.0 Å². The molecule has 0 saturated carbocycles. The van der Waals surface area contributed by atoms with Gasteiger partial charge in [0.1, 0.15) is 29.3 Å². The quantitative estimate of drug-likeness (QED) is 0.599. The Morgan fingerprint density at radius 2 is 1.66 bits per heavy atom. The minimum atomic E-state index is -0.916. The molecule has 32 heavy (non-hydrogen) atoms.